The summed E-state index contributed by atoms with van der Waals surface area (Å²) in [6.45, 7) is 3.70. The standard InChI is InChI=1S/C19H24N4O.2ClH/c24-19(16-3-1-2-15(12-16)17-4-7-20-13-17)23-10-5-14(6-11-23)18-21-8-9-22-18;;/h1-3,8-9,12,14,17,20H,4-7,10-11,13H2,(H,21,22);2*1H. The Kier molecular flexibility index (Phi) is 7.50. The molecule has 2 aliphatic rings. The van der Waals surface area contributed by atoms with Crippen LogP contribution in [0.25, 0.3) is 0 Å². The Morgan fingerprint density at radius 1 is 1.12 bits per heavy atom. The van der Waals surface area contributed by atoms with Crippen molar-refractivity contribution in [3.8, 4) is 0 Å². The second kappa shape index (κ2) is 9.40. The van der Waals surface area contributed by atoms with Gasteiger partial charge in [-0.05, 0) is 49.4 Å². The van der Waals surface area contributed by atoms with Gasteiger partial charge in [0.25, 0.3) is 5.91 Å². The van der Waals surface area contributed by atoms with Crippen LogP contribution < -0.4 is 5.32 Å². The van der Waals surface area contributed by atoms with Crippen molar-refractivity contribution in [2.75, 3.05) is 26.2 Å². The van der Waals surface area contributed by atoms with Crippen molar-refractivity contribution in [3.63, 3.8) is 0 Å². The lowest BCUT2D eigenvalue weighted by atomic mass is 9.94. The Morgan fingerprint density at radius 3 is 2.58 bits per heavy atom. The molecule has 4 rings (SSSR count). The summed E-state index contributed by atoms with van der Waals surface area (Å²) in [6, 6.07) is 8.22. The van der Waals surface area contributed by atoms with E-state index >= 15 is 0 Å². The minimum atomic E-state index is 0. The highest BCUT2D eigenvalue weighted by Gasteiger charge is 2.26. The van der Waals surface area contributed by atoms with Gasteiger partial charge in [-0.15, -0.1) is 24.8 Å². The molecule has 0 spiro atoms. The van der Waals surface area contributed by atoms with Crippen molar-refractivity contribution in [3.05, 3.63) is 53.6 Å². The molecule has 1 aromatic heterocycles. The lowest BCUT2D eigenvalue weighted by Crippen LogP contribution is -2.38. The van der Waals surface area contributed by atoms with Gasteiger partial charge in [-0.25, -0.2) is 4.98 Å². The molecule has 1 amide bonds. The van der Waals surface area contributed by atoms with Crippen molar-refractivity contribution < 1.29 is 4.79 Å². The first-order valence-corrected chi connectivity index (χ1v) is 8.90. The van der Waals surface area contributed by atoms with E-state index in [1.54, 1.807) is 6.20 Å². The quantitative estimate of drug-likeness (QED) is 0.835. The third-order valence-corrected chi connectivity index (χ3v) is 5.35. The predicted molar refractivity (Wildman–Crippen MR) is 108 cm³/mol. The summed E-state index contributed by atoms with van der Waals surface area (Å²) < 4.78 is 0. The van der Waals surface area contributed by atoms with Crippen LogP contribution in [0.3, 0.4) is 0 Å². The zero-order valence-corrected chi connectivity index (χ0v) is 16.3. The molecule has 2 fully saturated rings. The average Bonchev–Trinajstić information content (AvgIpc) is 3.35. The number of rotatable bonds is 3. The monoisotopic (exact) mass is 396 g/mol. The third kappa shape index (κ3) is 4.40. The molecule has 1 unspecified atom stereocenters. The number of aromatic amines is 1. The van der Waals surface area contributed by atoms with Gasteiger partial charge in [0, 0.05) is 43.5 Å². The highest BCUT2D eigenvalue weighted by molar-refractivity contribution is 5.94. The minimum Gasteiger partial charge on any atom is -0.348 e. The molecule has 0 bridgehead atoms. The first kappa shape index (κ1) is 20.7. The third-order valence-electron chi connectivity index (χ3n) is 5.35. The van der Waals surface area contributed by atoms with Crippen LogP contribution in [-0.4, -0.2) is 47.0 Å². The van der Waals surface area contributed by atoms with Crippen LogP contribution in [0.5, 0.6) is 0 Å². The molecule has 2 saturated heterocycles. The van der Waals surface area contributed by atoms with Gasteiger partial charge in [0.2, 0.25) is 0 Å². The molecule has 0 aliphatic carbocycles. The van der Waals surface area contributed by atoms with E-state index in [9.17, 15) is 4.79 Å². The number of H-pyrrole nitrogens is 1. The second-order valence-corrected chi connectivity index (χ2v) is 6.86. The number of hydrogen-bond donors (Lipinski definition) is 2. The molecule has 2 aromatic rings. The summed E-state index contributed by atoms with van der Waals surface area (Å²) in [5, 5.41) is 3.40. The highest BCUT2D eigenvalue weighted by Crippen LogP contribution is 2.27. The first-order chi connectivity index (χ1) is 11.8. The van der Waals surface area contributed by atoms with Crippen molar-refractivity contribution in [1.82, 2.24) is 20.2 Å². The molecule has 2 N–H and O–H groups in total. The second-order valence-electron chi connectivity index (χ2n) is 6.86. The number of likely N-dealkylation sites (tertiary alicyclic amines) is 1. The van der Waals surface area contributed by atoms with E-state index in [-0.39, 0.29) is 30.7 Å². The summed E-state index contributed by atoms with van der Waals surface area (Å²) >= 11 is 0. The number of carbonyl (C=O) groups is 1. The number of piperidine rings is 1. The van der Waals surface area contributed by atoms with Crippen LogP contribution in [-0.2, 0) is 0 Å². The number of halogens is 2. The largest absolute Gasteiger partial charge is 0.348 e. The number of imidazole rings is 1. The van der Waals surface area contributed by atoms with Gasteiger partial charge in [0.05, 0.1) is 0 Å². The normalized spacial score (nSPS) is 20.3. The van der Waals surface area contributed by atoms with Gasteiger partial charge in [0.15, 0.2) is 0 Å². The van der Waals surface area contributed by atoms with Crippen molar-refractivity contribution >= 4 is 30.7 Å². The van der Waals surface area contributed by atoms with Gasteiger partial charge in [-0.2, -0.15) is 0 Å². The van der Waals surface area contributed by atoms with Crippen molar-refractivity contribution in [2.24, 2.45) is 0 Å². The number of nitrogens with one attached hydrogen (secondary N) is 2. The van der Waals surface area contributed by atoms with Crippen molar-refractivity contribution in [1.29, 1.82) is 0 Å². The highest BCUT2D eigenvalue weighted by atomic mass is 35.5. The maximum atomic E-state index is 12.8. The van der Waals surface area contributed by atoms with Crippen molar-refractivity contribution in [2.45, 2.75) is 31.1 Å². The van der Waals surface area contributed by atoms with E-state index in [0.29, 0.717) is 11.8 Å². The molecule has 5 nitrogen and oxygen atoms in total. The molecule has 7 heteroatoms. The van der Waals surface area contributed by atoms with Crippen LogP contribution in [0.4, 0.5) is 0 Å². The van der Waals surface area contributed by atoms with Gasteiger partial charge in [-0.3, -0.25) is 4.79 Å². The molecule has 142 valence electrons. The zero-order valence-electron chi connectivity index (χ0n) is 14.7. The van der Waals surface area contributed by atoms with Gasteiger partial charge in [-0.1, -0.05) is 12.1 Å². The first-order valence-electron chi connectivity index (χ1n) is 8.90. The Labute approximate surface area is 166 Å². The summed E-state index contributed by atoms with van der Waals surface area (Å²) in [7, 11) is 0. The molecular formula is C19H26Cl2N4O. The average molecular weight is 397 g/mol. The predicted octanol–water partition coefficient (Wildman–Crippen LogP) is 3.35. The molecule has 0 saturated carbocycles. The zero-order chi connectivity index (χ0) is 16.4. The number of benzene rings is 1. The number of amides is 1. The molecule has 2 aliphatic heterocycles. The lowest BCUT2D eigenvalue weighted by Gasteiger charge is -2.31. The Morgan fingerprint density at radius 2 is 1.92 bits per heavy atom. The van der Waals surface area contributed by atoms with E-state index < -0.39 is 0 Å². The fourth-order valence-electron chi connectivity index (χ4n) is 3.90. The van der Waals surface area contributed by atoms with Gasteiger partial charge >= 0.3 is 0 Å². The van der Waals surface area contributed by atoms with E-state index in [1.807, 2.05) is 23.2 Å². The van der Waals surface area contributed by atoms with Gasteiger partial charge in [0.1, 0.15) is 5.82 Å². The summed E-state index contributed by atoms with van der Waals surface area (Å²) in [5.74, 6) is 2.21. The molecule has 26 heavy (non-hydrogen) atoms. The Bertz CT molecular complexity index is 693. The fraction of sp³-hybridized carbons (Fsp3) is 0.474. The van der Waals surface area contributed by atoms with Crippen LogP contribution in [0.15, 0.2) is 36.7 Å². The topological polar surface area (TPSA) is 61.0 Å². The summed E-state index contributed by atoms with van der Waals surface area (Å²) in [5.41, 5.74) is 2.12. The van der Waals surface area contributed by atoms with E-state index in [0.717, 1.165) is 56.8 Å². The van der Waals surface area contributed by atoms with E-state index in [2.05, 4.69) is 27.4 Å². The Hall–Kier alpha value is -1.56. The number of hydrogen-bond acceptors (Lipinski definition) is 3. The number of nitrogens with zero attached hydrogens (tertiary/aromatic N) is 2. The summed E-state index contributed by atoms with van der Waals surface area (Å²) in [6.07, 6.45) is 6.79. The molecular weight excluding hydrogens is 371 g/mol. The number of carbonyl (C=O) groups excluding carboxylic acids is 1. The Balaban J connectivity index is 0.00000121. The minimum absolute atomic E-state index is 0. The summed E-state index contributed by atoms with van der Waals surface area (Å²) in [4.78, 5) is 22.4. The maximum absolute atomic E-state index is 12.8. The van der Waals surface area contributed by atoms with E-state index in [1.165, 1.54) is 5.56 Å². The number of aromatic nitrogens is 2. The van der Waals surface area contributed by atoms with Crippen LogP contribution in [0.2, 0.25) is 0 Å². The van der Waals surface area contributed by atoms with E-state index in [4.69, 9.17) is 0 Å². The molecule has 1 aromatic carbocycles. The maximum Gasteiger partial charge on any atom is 0.253 e. The lowest BCUT2D eigenvalue weighted by molar-refractivity contribution is 0.0711. The SMILES string of the molecule is Cl.Cl.O=C(c1cccc(C2CCNC2)c1)N1CCC(c2ncc[nH]2)CC1. The molecule has 1 atom stereocenters. The smallest absolute Gasteiger partial charge is 0.253 e. The molecule has 0 radical (unpaired) electrons. The van der Waals surface area contributed by atoms with Gasteiger partial charge < -0.3 is 15.2 Å². The van der Waals surface area contributed by atoms with Crippen LogP contribution in [0.1, 0.15) is 52.8 Å². The molecule has 3 heterocycles. The van der Waals surface area contributed by atoms with Crippen LogP contribution >= 0.6 is 24.8 Å². The van der Waals surface area contributed by atoms with Crippen LogP contribution in [0, 0.1) is 0 Å². The fourth-order valence-corrected chi connectivity index (χ4v) is 3.90.